The first-order valence-electron chi connectivity index (χ1n) is 8.78. The van der Waals surface area contributed by atoms with Crippen LogP contribution >= 0.6 is 11.3 Å². The third-order valence-corrected chi connectivity index (χ3v) is 5.48. The summed E-state index contributed by atoms with van der Waals surface area (Å²) >= 11 is 1.58. The summed E-state index contributed by atoms with van der Waals surface area (Å²) in [6.45, 7) is 5.07. The Morgan fingerprint density at radius 1 is 1.26 bits per heavy atom. The lowest BCUT2D eigenvalue weighted by molar-refractivity contribution is 0.0612. The van der Waals surface area contributed by atoms with Crippen molar-refractivity contribution in [3.8, 4) is 16.5 Å². The summed E-state index contributed by atoms with van der Waals surface area (Å²) in [5.74, 6) is 1.09. The number of aryl methyl sites for hydroxylation is 1. The number of aromatic nitrogens is 2. The number of rotatable bonds is 4. The van der Waals surface area contributed by atoms with Crippen LogP contribution in [0.15, 0.2) is 40.2 Å². The number of benzene rings is 1. The molecule has 1 aliphatic rings. The monoisotopic (exact) mass is 384 g/mol. The Kier molecular flexibility index (Phi) is 4.91. The van der Waals surface area contributed by atoms with E-state index >= 15 is 0 Å². The van der Waals surface area contributed by atoms with Gasteiger partial charge in [-0.25, -0.2) is 0 Å². The fourth-order valence-electron chi connectivity index (χ4n) is 3.12. The normalized spacial score (nSPS) is 15.2. The Bertz CT molecular complexity index is 930. The summed E-state index contributed by atoms with van der Waals surface area (Å²) in [6.07, 6.45) is 0. The van der Waals surface area contributed by atoms with Crippen LogP contribution in [-0.2, 0) is 6.54 Å². The van der Waals surface area contributed by atoms with Crippen LogP contribution in [0.1, 0.15) is 21.8 Å². The standard InChI is InChI=1S/C19H20N4O3S/c1-13-4-5-14(15(24)11-13)19(25)23-8-6-22(7-9-23)12-17-20-18(21-26-17)16-3-2-10-27-16/h2-5,10-11,24H,6-9,12H2,1H3. The number of amides is 1. The van der Waals surface area contributed by atoms with Gasteiger partial charge in [-0.15, -0.1) is 11.3 Å². The number of hydrogen-bond acceptors (Lipinski definition) is 7. The lowest BCUT2D eigenvalue weighted by Gasteiger charge is -2.34. The Morgan fingerprint density at radius 2 is 2.07 bits per heavy atom. The maximum absolute atomic E-state index is 12.6. The zero-order chi connectivity index (χ0) is 18.8. The molecule has 2 aromatic heterocycles. The summed E-state index contributed by atoms with van der Waals surface area (Å²) < 4.78 is 5.35. The molecule has 0 spiro atoms. The molecule has 1 aromatic carbocycles. The first kappa shape index (κ1) is 17.7. The highest BCUT2D eigenvalue weighted by Crippen LogP contribution is 2.23. The zero-order valence-electron chi connectivity index (χ0n) is 15.0. The molecule has 0 saturated carbocycles. The van der Waals surface area contributed by atoms with Gasteiger partial charge in [0.05, 0.1) is 17.0 Å². The number of phenols is 1. The topological polar surface area (TPSA) is 82.7 Å². The third-order valence-electron chi connectivity index (χ3n) is 4.61. The Balaban J connectivity index is 1.34. The van der Waals surface area contributed by atoms with Crippen molar-refractivity contribution < 1.29 is 14.4 Å². The van der Waals surface area contributed by atoms with Gasteiger partial charge >= 0.3 is 0 Å². The zero-order valence-corrected chi connectivity index (χ0v) is 15.8. The highest BCUT2D eigenvalue weighted by molar-refractivity contribution is 7.13. The van der Waals surface area contributed by atoms with Crippen LogP contribution in [0.4, 0.5) is 0 Å². The van der Waals surface area contributed by atoms with E-state index in [2.05, 4.69) is 15.0 Å². The van der Waals surface area contributed by atoms with E-state index in [4.69, 9.17) is 4.52 Å². The molecule has 4 rings (SSSR count). The molecule has 0 bridgehead atoms. The van der Waals surface area contributed by atoms with Crippen molar-refractivity contribution in [3.05, 3.63) is 52.7 Å². The van der Waals surface area contributed by atoms with Gasteiger partial charge in [0.25, 0.3) is 5.91 Å². The number of carbonyl (C=O) groups is 1. The van der Waals surface area contributed by atoms with Gasteiger partial charge in [-0.3, -0.25) is 9.69 Å². The number of aromatic hydroxyl groups is 1. The van der Waals surface area contributed by atoms with Gasteiger partial charge in [-0.1, -0.05) is 17.3 Å². The second-order valence-corrected chi connectivity index (χ2v) is 7.53. The van der Waals surface area contributed by atoms with Gasteiger partial charge in [0.15, 0.2) is 0 Å². The Labute approximate surface area is 160 Å². The maximum Gasteiger partial charge on any atom is 0.257 e. The van der Waals surface area contributed by atoms with E-state index in [0.717, 1.165) is 23.5 Å². The molecule has 0 aliphatic carbocycles. The average molecular weight is 384 g/mol. The molecule has 1 N–H and O–H groups in total. The Morgan fingerprint density at radius 3 is 2.78 bits per heavy atom. The molecule has 1 aliphatic heterocycles. The van der Waals surface area contributed by atoms with Crippen LogP contribution in [0.2, 0.25) is 0 Å². The molecule has 3 heterocycles. The number of thiophene rings is 1. The van der Waals surface area contributed by atoms with Crippen LogP contribution in [-0.4, -0.2) is 57.1 Å². The molecule has 0 unspecified atom stereocenters. The first-order valence-corrected chi connectivity index (χ1v) is 9.66. The summed E-state index contributed by atoms with van der Waals surface area (Å²) in [6, 6.07) is 9.06. The van der Waals surface area contributed by atoms with Crippen LogP contribution in [0.25, 0.3) is 10.7 Å². The van der Waals surface area contributed by atoms with Gasteiger partial charge in [0.1, 0.15) is 5.75 Å². The number of nitrogens with zero attached hydrogens (tertiary/aromatic N) is 4. The van der Waals surface area contributed by atoms with Gasteiger partial charge in [0.2, 0.25) is 11.7 Å². The van der Waals surface area contributed by atoms with Crippen LogP contribution in [0.3, 0.4) is 0 Å². The van der Waals surface area contributed by atoms with E-state index in [1.807, 2.05) is 30.5 Å². The van der Waals surface area contributed by atoms with Crippen molar-refractivity contribution in [1.29, 1.82) is 0 Å². The van der Waals surface area contributed by atoms with E-state index < -0.39 is 0 Å². The smallest absolute Gasteiger partial charge is 0.257 e. The summed E-state index contributed by atoms with van der Waals surface area (Å²) in [5, 5.41) is 16.0. The maximum atomic E-state index is 12.6. The lowest BCUT2D eigenvalue weighted by atomic mass is 10.1. The molecule has 7 nitrogen and oxygen atoms in total. The van der Waals surface area contributed by atoms with Crippen molar-refractivity contribution >= 4 is 17.2 Å². The number of phenolic OH excluding ortho intramolecular Hbond substituents is 1. The molecule has 0 radical (unpaired) electrons. The minimum absolute atomic E-state index is 0.0365. The van der Waals surface area contributed by atoms with E-state index in [-0.39, 0.29) is 11.7 Å². The molecular weight excluding hydrogens is 364 g/mol. The lowest BCUT2D eigenvalue weighted by Crippen LogP contribution is -2.48. The van der Waals surface area contributed by atoms with Crippen molar-refractivity contribution in [2.75, 3.05) is 26.2 Å². The van der Waals surface area contributed by atoms with E-state index in [9.17, 15) is 9.90 Å². The number of hydrogen-bond donors (Lipinski definition) is 1. The Hall–Kier alpha value is -2.71. The third kappa shape index (κ3) is 3.86. The molecule has 8 heteroatoms. The molecule has 0 atom stereocenters. The van der Waals surface area contributed by atoms with Crippen LogP contribution in [0.5, 0.6) is 5.75 Å². The molecule has 140 valence electrons. The predicted octanol–water partition coefficient (Wildman–Crippen LogP) is 2.77. The van der Waals surface area contributed by atoms with Crippen LogP contribution < -0.4 is 0 Å². The quantitative estimate of drug-likeness (QED) is 0.745. The van der Waals surface area contributed by atoms with Crippen molar-refractivity contribution in [1.82, 2.24) is 19.9 Å². The predicted molar refractivity (Wildman–Crippen MR) is 102 cm³/mol. The van der Waals surface area contributed by atoms with Crippen molar-refractivity contribution in [2.24, 2.45) is 0 Å². The molecule has 1 saturated heterocycles. The summed E-state index contributed by atoms with van der Waals surface area (Å²) in [7, 11) is 0. The van der Waals surface area contributed by atoms with Gasteiger partial charge in [0, 0.05) is 26.2 Å². The average Bonchev–Trinajstić information content (AvgIpc) is 3.33. The summed E-state index contributed by atoms with van der Waals surface area (Å²) in [4.78, 5) is 22.0. The largest absolute Gasteiger partial charge is 0.507 e. The second-order valence-electron chi connectivity index (χ2n) is 6.58. The van der Waals surface area contributed by atoms with Crippen molar-refractivity contribution in [3.63, 3.8) is 0 Å². The second kappa shape index (κ2) is 7.50. The van der Waals surface area contributed by atoms with E-state index in [0.29, 0.717) is 36.9 Å². The van der Waals surface area contributed by atoms with Gasteiger partial charge in [-0.2, -0.15) is 4.98 Å². The number of piperazine rings is 1. The summed E-state index contributed by atoms with van der Waals surface area (Å²) in [5.41, 5.74) is 1.28. The molecule has 27 heavy (non-hydrogen) atoms. The molecule has 3 aromatic rings. The SMILES string of the molecule is Cc1ccc(C(=O)N2CCN(Cc3nc(-c4cccs4)no3)CC2)c(O)c1. The van der Waals surface area contributed by atoms with Crippen molar-refractivity contribution in [2.45, 2.75) is 13.5 Å². The molecular formula is C19H20N4O3S. The fourth-order valence-corrected chi connectivity index (χ4v) is 3.77. The van der Waals surface area contributed by atoms with Crippen LogP contribution in [0, 0.1) is 6.92 Å². The first-order chi connectivity index (χ1) is 13.1. The minimum atomic E-state index is -0.134. The minimum Gasteiger partial charge on any atom is -0.507 e. The highest BCUT2D eigenvalue weighted by Gasteiger charge is 2.25. The van der Waals surface area contributed by atoms with E-state index in [1.165, 1.54) is 0 Å². The number of carbonyl (C=O) groups excluding carboxylic acids is 1. The van der Waals surface area contributed by atoms with Gasteiger partial charge < -0.3 is 14.5 Å². The van der Waals surface area contributed by atoms with E-state index in [1.54, 1.807) is 28.4 Å². The molecule has 1 fully saturated rings. The fraction of sp³-hybridized carbons (Fsp3) is 0.316. The molecule has 1 amide bonds. The van der Waals surface area contributed by atoms with Gasteiger partial charge in [-0.05, 0) is 36.1 Å². The highest BCUT2D eigenvalue weighted by atomic mass is 32.1.